The number of rotatable bonds is 7. The third kappa shape index (κ3) is 6.32. The first-order valence-electron chi connectivity index (χ1n) is 6.31. The number of benzene rings is 1. The summed E-state index contributed by atoms with van der Waals surface area (Å²) >= 11 is 7.58. The molecule has 1 amide bonds. The minimum absolute atomic E-state index is 0.0479. The van der Waals surface area contributed by atoms with Gasteiger partial charge in [0.15, 0.2) is 0 Å². The zero-order chi connectivity index (χ0) is 14.3. The van der Waals surface area contributed by atoms with Crippen LogP contribution in [0.1, 0.15) is 26.7 Å². The fourth-order valence-electron chi connectivity index (χ4n) is 1.32. The van der Waals surface area contributed by atoms with E-state index in [0.29, 0.717) is 30.2 Å². The summed E-state index contributed by atoms with van der Waals surface area (Å²) in [4.78, 5) is 12.6. The summed E-state index contributed by atoms with van der Waals surface area (Å²) in [5.41, 5.74) is -0.828. The average molecular weight is 302 g/mol. The van der Waals surface area contributed by atoms with Crippen molar-refractivity contribution >= 4 is 29.3 Å². The monoisotopic (exact) mass is 301 g/mol. The lowest BCUT2D eigenvalue weighted by molar-refractivity contribution is -0.121. The number of carbonyl (C=O) groups excluding carboxylic acids is 1. The number of halogens is 1. The summed E-state index contributed by atoms with van der Waals surface area (Å²) in [7, 11) is 0. The van der Waals surface area contributed by atoms with Crippen LogP contribution in [-0.2, 0) is 4.79 Å². The van der Waals surface area contributed by atoms with E-state index in [9.17, 15) is 9.90 Å². The molecule has 0 aliphatic carbocycles. The second kappa shape index (κ2) is 7.78. The van der Waals surface area contributed by atoms with Crippen molar-refractivity contribution in [3.8, 4) is 0 Å². The Kier molecular flexibility index (Phi) is 6.69. The van der Waals surface area contributed by atoms with E-state index >= 15 is 0 Å². The lowest BCUT2D eigenvalue weighted by Gasteiger charge is -2.21. The maximum atomic E-state index is 11.6. The average Bonchev–Trinajstić information content (AvgIpc) is 2.39. The van der Waals surface area contributed by atoms with Crippen molar-refractivity contribution in [2.75, 3.05) is 12.3 Å². The number of amides is 1. The fraction of sp³-hybridized carbons (Fsp3) is 0.500. The van der Waals surface area contributed by atoms with E-state index in [1.807, 2.05) is 31.2 Å². The van der Waals surface area contributed by atoms with Gasteiger partial charge in [0.2, 0.25) is 5.91 Å². The molecule has 2 N–H and O–H groups in total. The van der Waals surface area contributed by atoms with Gasteiger partial charge in [-0.2, -0.15) is 0 Å². The quantitative estimate of drug-likeness (QED) is 0.761. The Morgan fingerprint density at radius 2 is 2.16 bits per heavy atom. The molecule has 0 aliphatic heterocycles. The van der Waals surface area contributed by atoms with Gasteiger partial charge in [-0.3, -0.25) is 4.79 Å². The largest absolute Gasteiger partial charge is 0.388 e. The van der Waals surface area contributed by atoms with E-state index in [0.717, 1.165) is 4.90 Å². The molecule has 0 aromatic heterocycles. The van der Waals surface area contributed by atoms with Gasteiger partial charge in [-0.1, -0.05) is 30.7 Å². The van der Waals surface area contributed by atoms with E-state index in [4.69, 9.17) is 11.6 Å². The third-order valence-electron chi connectivity index (χ3n) is 2.85. The predicted octanol–water partition coefficient (Wildman–Crippen LogP) is 3.10. The SMILES string of the molecule is CCC(C)(O)CNC(=O)CCSc1ccccc1Cl. The van der Waals surface area contributed by atoms with Crippen LogP contribution in [0.4, 0.5) is 0 Å². The summed E-state index contributed by atoms with van der Waals surface area (Å²) in [6.07, 6.45) is 1.03. The Labute approximate surface area is 123 Å². The smallest absolute Gasteiger partial charge is 0.220 e. The second-order valence-electron chi connectivity index (χ2n) is 4.66. The Balaban J connectivity index is 2.26. The molecular formula is C14H20ClNO2S. The lowest BCUT2D eigenvalue weighted by atomic mass is 10.0. The molecule has 0 bridgehead atoms. The highest BCUT2D eigenvalue weighted by Gasteiger charge is 2.18. The summed E-state index contributed by atoms with van der Waals surface area (Å²) in [5, 5.41) is 13.2. The highest BCUT2D eigenvalue weighted by atomic mass is 35.5. The highest BCUT2D eigenvalue weighted by Crippen LogP contribution is 2.26. The van der Waals surface area contributed by atoms with Crippen LogP contribution in [0, 0.1) is 0 Å². The number of thioether (sulfide) groups is 1. The Bertz CT molecular complexity index is 424. The van der Waals surface area contributed by atoms with E-state index in [1.54, 1.807) is 18.7 Å². The molecule has 0 heterocycles. The van der Waals surface area contributed by atoms with E-state index in [-0.39, 0.29) is 5.91 Å². The number of carbonyl (C=O) groups is 1. The Morgan fingerprint density at radius 1 is 1.47 bits per heavy atom. The topological polar surface area (TPSA) is 49.3 Å². The standard InChI is InChI=1S/C14H20ClNO2S/c1-3-14(2,18)10-16-13(17)8-9-19-12-7-5-4-6-11(12)15/h4-7,18H,3,8-10H2,1-2H3,(H,16,17). The minimum atomic E-state index is -0.828. The summed E-state index contributed by atoms with van der Waals surface area (Å²) in [6, 6.07) is 7.58. The van der Waals surface area contributed by atoms with Gasteiger partial charge in [0.25, 0.3) is 0 Å². The number of hydrogen-bond donors (Lipinski definition) is 2. The highest BCUT2D eigenvalue weighted by molar-refractivity contribution is 7.99. The molecule has 19 heavy (non-hydrogen) atoms. The zero-order valence-electron chi connectivity index (χ0n) is 11.3. The van der Waals surface area contributed by atoms with E-state index in [1.165, 1.54) is 0 Å². The molecule has 1 atom stereocenters. The van der Waals surface area contributed by atoms with Crippen molar-refractivity contribution in [2.45, 2.75) is 37.2 Å². The zero-order valence-corrected chi connectivity index (χ0v) is 12.9. The van der Waals surface area contributed by atoms with Crippen molar-refractivity contribution in [3.05, 3.63) is 29.3 Å². The molecule has 5 heteroatoms. The first-order valence-corrected chi connectivity index (χ1v) is 7.67. The van der Waals surface area contributed by atoms with Gasteiger partial charge >= 0.3 is 0 Å². The van der Waals surface area contributed by atoms with Gasteiger partial charge in [-0.15, -0.1) is 11.8 Å². The van der Waals surface area contributed by atoms with Crippen LogP contribution < -0.4 is 5.32 Å². The molecular weight excluding hydrogens is 282 g/mol. The van der Waals surface area contributed by atoms with Crippen molar-refractivity contribution in [1.82, 2.24) is 5.32 Å². The van der Waals surface area contributed by atoms with Gasteiger partial charge in [0, 0.05) is 23.6 Å². The van der Waals surface area contributed by atoms with Crippen LogP contribution in [0.3, 0.4) is 0 Å². The van der Waals surface area contributed by atoms with Gasteiger partial charge in [-0.25, -0.2) is 0 Å². The fourth-order valence-corrected chi connectivity index (χ4v) is 2.51. The molecule has 1 aromatic carbocycles. The van der Waals surface area contributed by atoms with Gasteiger partial charge in [0.1, 0.15) is 0 Å². The molecule has 0 aliphatic rings. The van der Waals surface area contributed by atoms with Gasteiger partial charge in [0.05, 0.1) is 10.6 Å². The van der Waals surface area contributed by atoms with Crippen molar-refractivity contribution in [2.24, 2.45) is 0 Å². The molecule has 1 unspecified atom stereocenters. The molecule has 0 saturated carbocycles. The Morgan fingerprint density at radius 3 is 2.79 bits per heavy atom. The number of nitrogens with one attached hydrogen (secondary N) is 1. The molecule has 0 fully saturated rings. The minimum Gasteiger partial charge on any atom is -0.388 e. The van der Waals surface area contributed by atoms with Crippen LogP contribution in [-0.4, -0.2) is 28.9 Å². The van der Waals surface area contributed by atoms with Crippen LogP contribution in [0.5, 0.6) is 0 Å². The first kappa shape index (κ1) is 16.3. The van der Waals surface area contributed by atoms with Crippen LogP contribution >= 0.6 is 23.4 Å². The maximum Gasteiger partial charge on any atom is 0.220 e. The molecule has 1 rings (SSSR count). The summed E-state index contributed by atoms with van der Waals surface area (Å²) in [5.74, 6) is 0.623. The lowest BCUT2D eigenvalue weighted by Crippen LogP contribution is -2.40. The van der Waals surface area contributed by atoms with E-state index in [2.05, 4.69) is 5.32 Å². The first-order chi connectivity index (χ1) is 8.94. The molecule has 0 spiro atoms. The van der Waals surface area contributed by atoms with Crippen molar-refractivity contribution in [3.63, 3.8) is 0 Å². The number of hydrogen-bond acceptors (Lipinski definition) is 3. The summed E-state index contributed by atoms with van der Waals surface area (Å²) < 4.78 is 0. The molecule has 106 valence electrons. The maximum absolute atomic E-state index is 11.6. The third-order valence-corrected chi connectivity index (χ3v) is 4.37. The molecule has 3 nitrogen and oxygen atoms in total. The van der Waals surface area contributed by atoms with E-state index < -0.39 is 5.60 Å². The molecule has 0 saturated heterocycles. The summed E-state index contributed by atoms with van der Waals surface area (Å²) in [6.45, 7) is 3.89. The van der Waals surface area contributed by atoms with Crippen LogP contribution in [0.15, 0.2) is 29.2 Å². The van der Waals surface area contributed by atoms with Crippen LogP contribution in [0.2, 0.25) is 5.02 Å². The normalized spacial score (nSPS) is 13.9. The van der Waals surface area contributed by atoms with Crippen molar-refractivity contribution in [1.29, 1.82) is 0 Å². The predicted molar refractivity (Wildman–Crippen MR) is 80.7 cm³/mol. The van der Waals surface area contributed by atoms with Gasteiger partial charge in [-0.05, 0) is 25.5 Å². The van der Waals surface area contributed by atoms with Crippen molar-refractivity contribution < 1.29 is 9.90 Å². The number of aliphatic hydroxyl groups is 1. The Hall–Kier alpha value is -0.710. The molecule has 1 aromatic rings. The van der Waals surface area contributed by atoms with Gasteiger partial charge < -0.3 is 10.4 Å². The second-order valence-corrected chi connectivity index (χ2v) is 6.20. The molecule has 0 radical (unpaired) electrons. The van der Waals surface area contributed by atoms with Crippen LogP contribution in [0.25, 0.3) is 0 Å².